The molecule has 0 aliphatic carbocycles. The topological polar surface area (TPSA) is 64.3 Å². The second-order valence-corrected chi connectivity index (χ2v) is 4.11. The lowest BCUT2D eigenvalue weighted by Crippen LogP contribution is -2.33. The Hall–Kier alpha value is -1.46. The summed E-state index contributed by atoms with van der Waals surface area (Å²) >= 11 is 0. The Labute approximate surface area is 106 Å². The fourth-order valence-electron chi connectivity index (χ4n) is 1.67. The van der Waals surface area contributed by atoms with Crippen LogP contribution >= 0.6 is 0 Å². The van der Waals surface area contributed by atoms with Gasteiger partial charge in [0.15, 0.2) is 0 Å². The summed E-state index contributed by atoms with van der Waals surface area (Å²) in [7, 11) is 1.51. The van der Waals surface area contributed by atoms with Gasteiger partial charge in [0.2, 0.25) is 5.91 Å². The summed E-state index contributed by atoms with van der Waals surface area (Å²) in [6.07, 6.45) is -0.135. The minimum atomic E-state index is -0.381. The van der Waals surface area contributed by atoms with Crippen molar-refractivity contribution in [3.63, 3.8) is 0 Å². The van der Waals surface area contributed by atoms with E-state index in [9.17, 15) is 9.18 Å². The van der Waals surface area contributed by atoms with Crippen LogP contribution in [0, 0.1) is 5.82 Å². The van der Waals surface area contributed by atoms with Crippen LogP contribution in [0.25, 0.3) is 0 Å². The van der Waals surface area contributed by atoms with Crippen LogP contribution in [-0.2, 0) is 9.53 Å². The molecule has 0 aromatic heterocycles. The van der Waals surface area contributed by atoms with Gasteiger partial charge in [0.1, 0.15) is 5.82 Å². The first-order chi connectivity index (χ1) is 8.58. The first-order valence-electron chi connectivity index (χ1n) is 5.85. The average Bonchev–Trinajstić information content (AvgIpc) is 2.36. The van der Waals surface area contributed by atoms with Crippen LogP contribution in [0.4, 0.5) is 4.39 Å². The van der Waals surface area contributed by atoms with Gasteiger partial charge in [-0.2, -0.15) is 0 Å². The molecule has 0 saturated carbocycles. The molecule has 2 atom stereocenters. The normalized spacial score (nSPS) is 14.0. The Bertz CT molecular complexity index is 394. The van der Waals surface area contributed by atoms with E-state index < -0.39 is 0 Å². The summed E-state index contributed by atoms with van der Waals surface area (Å²) in [5, 5.41) is 2.72. The predicted octanol–water partition coefficient (Wildman–Crippen LogP) is 1.37. The summed E-state index contributed by atoms with van der Waals surface area (Å²) < 4.78 is 18.5. The van der Waals surface area contributed by atoms with Gasteiger partial charge in [-0.05, 0) is 13.0 Å². The maximum atomic E-state index is 13.5. The fraction of sp³-hybridized carbons (Fsp3) is 0.462. The van der Waals surface area contributed by atoms with E-state index in [0.717, 1.165) is 0 Å². The molecule has 0 radical (unpaired) electrons. The zero-order valence-electron chi connectivity index (χ0n) is 10.7. The molecule has 0 spiro atoms. The number of carbonyl (C=O) groups is 1. The van der Waals surface area contributed by atoms with E-state index >= 15 is 0 Å². The van der Waals surface area contributed by atoms with Crippen LogP contribution in [0.1, 0.15) is 24.9 Å². The number of hydrogen-bond acceptors (Lipinski definition) is 3. The Morgan fingerprint density at radius 2 is 2.17 bits per heavy atom. The Morgan fingerprint density at radius 3 is 2.72 bits per heavy atom. The summed E-state index contributed by atoms with van der Waals surface area (Å²) in [5.74, 6) is -0.532. The maximum absolute atomic E-state index is 13.5. The SMILES string of the molecule is COC(CN)CC(=O)N[C@H](C)c1ccccc1F. The third kappa shape index (κ3) is 4.09. The van der Waals surface area contributed by atoms with E-state index in [-0.39, 0.29) is 36.8 Å². The van der Waals surface area contributed by atoms with Gasteiger partial charge in [-0.3, -0.25) is 4.79 Å². The summed E-state index contributed by atoms with van der Waals surface area (Å²) in [4.78, 5) is 11.7. The highest BCUT2D eigenvalue weighted by atomic mass is 19.1. The zero-order chi connectivity index (χ0) is 13.5. The Balaban J connectivity index is 2.57. The molecule has 5 heteroatoms. The maximum Gasteiger partial charge on any atom is 0.223 e. The highest BCUT2D eigenvalue weighted by Gasteiger charge is 2.16. The molecule has 1 aromatic carbocycles. The van der Waals surface area contributed by atoms with Crippen molar-refractivity contribution in [3.05, 3.63) is 35.6 Å². The molecule has 0 fully saturated rings. The summed E-state index contributed by atoms with van der Waals surface area (Å²) in [5.41, 5.74) is 5.90. The molecule has 3 N–H and O–H groups in total. The molecule has 1 amide bonds. The number of amides is 1. The van der Waals surface area contributed by atoms with E-state index in [0.29, 0.717) is 5.56 Å². The van der Waals surface area contributed by atoms with Gasteiger partial charge in [0.05, 0.1) is 18.6 Å². The Morgan fingerprint density at radius 1 is 1.50 bits per heavy atom. The quantitative estimate of drug-likeness (QED) is 0.805. The summed E-state index contributed by atoms with van der Waals surface area (Å²) in [6.45, 7) is 2.01. The van der Waals surface area contributed by atoms with Crippen LogP contribution in [0.2, 0.25) is 0 Å². The number of benzene rings is 1. The second-order valence-electron chi connectivity index (χ2n) is 4.11. The second kappa shape index (κ2) is 7.08. The molecule has 1 rings (SSSR count). The number of rotatable bonds is 6. The largest absolute Gasteiger partial charge is 0.380 e. The number of carbonyl (C=O) groups excluding carboxylic acids is 1. The smallest absolute Gasteiger partial charge is 0.223 e. The van der Waals surface area contributed by atoms with Gasteiger partial charge >= 0.3 is 0 Å². The number of nitrogens with two attached hydrogens (primary N) is 1. The molecule has 0 aliphatic rings. The molecule has 4 nitrogen and oxygen atoms in total. The Kier molecular flexibility index (Phi) is 5.74. The molecule has 0 aliphatic heterocycles. The van der Waals surface area contributed by atoms with Crippen molar-refractivity contribution >= 4 is 5.91 Å². The summed E-state index contributed by atoms with van der Waals surface area (Å²) in [6, 6.07) is 5.99. The van der Waals surface area contributed by atoms with Crippen LogP contribution in [0.5, 0.6) is 0 Å². The van der Waals surface area contributed by atoms with Crippen molar-refractivity contribution in [1.82, 2.24) is 5.32 Å². The van der Waals surface area contributed by atoms with Crippen molar-refractivity contribution in [3.8, 4) is 0 Å². The average molecular weight is 254 g/mol. The van der Waals surface area contributed by atoms with Crippen molar-refractivity contribution in [2.45, 2.75) is 25.5 Å². The van der Waals surface area contributed by atoms with Gasteiger partial charge in [-0.15, -0.1) is 0 Å². The molecule has 1 aromatic rings. The van der Waals surface area contributed by atoms with Crippen molar-refractivity contribution < 1.29 is 13.9 Å². The van der Waals surface area contributed by atoms with E-state index in [4.69, 9.17) is 10.5 Å². The van der Waals surface area contributed by atoms with Crippen LogP contribution < -0.4 is 11.1 Å². The van der Waals surface area contributed by atoms with Gasteiger partial charge in [0, 0.05) is 19.2 Å². The minimum absolute atomic E-state index is 0.172. The van der Waals surface area contributed by atoms with E-state index in [2.05, 4.69) is 5.32 Å². The number of methoxy groups -OCH3 is 1. The number of ether oxygens (including phenoxy) is 1. The monoisotopic (exact) mass is 254 g/mol. The van der Waals surface area contributed by atoms with Crippen LogP contribution in [0.3, 0.4) is 0 Å². The molecule has 0 saturated heterocycles. The molecule has 1 unspecified atom stereocenters. The number of hydrogen-bond donors (Lipinski definition) is 2. The van der Waals surface area contributed by atoms with Gasteiger partial charge in [-0.25, -0.2) is 4.39 Å². The third-order valence-electron chi connectivity index (χ3n) is 2.76. The fourth-order valence-corrected chi connectivity index (χ4v) is 1.67. The molecule has 100 valence electrons. The van der Waals surface area contributed by atoms with Gasteiger partial charge < -0.3 is 15.8 Å². The van der Waals surface area contributed by atoms with Crippen molar-refractivity contribution in [2.24, 2.45) is 5.73 Å². The zero-order valence-corrected chi connectivity index (χ0v) is 10.7. The van der Waals surface area contributed by atoms with Gasteiger partial charge in [0.25, 0.3) is 0 Å². The molecular weight excluding hydrogens is 235 g/mol. The first kappa shape index (κ1) is 14.6. The first-order valence-corrected chi connectivity index (χ1v) is 5.85. The minimum Gasteiger partial charge on any atom is -0.380 e. The predicted molar refractivity (Wildman–Crippen MR) is 67.4 cm³/mol. The molecule has 0 bridgehead atoms. The van der Waals surface area contributed by atoms with E-state index in [1.165, 1.54) is 13.2 Å². The molecule has 0 heterocycles. The molecule has 18 heavy (non-hydrogen) atoms. The van der Waals surface area contributed by atoms with Crippen molar-refractivity contribution in [1.29, 1.82) is 0 Å². The number of halogens is 1. The standard InChI is InChI=1S/C13H19FN2O2/c1-9(11-5-3-4-6-12(11)14)16-13(17)7-10(8-15)18-2/h3-6,9-10H,7-8,15H2,1-2H3,(H,16,17)/t9-,10?/m1/s1. The highest BCUT2D eigenvalue weighted by molar-refractivity contribution is 5.77. The van der Waals surface area contributed by atoms with E-state index in [1.54, 1.807) is 25.1 Å². The van der Waals surface area contributed by atoms with Crippen LogP contribution in [0.15, 0.2) is 24.3 Å². The lowest BCUT2D eigenvalue weighted by molar-refractivity contribution is -0.124. The number of nitrogens with one attached hydrogen (secondary N) is 1. The molecular formula is C13H19FN2O2. The van der Waals surface area contributed by atoms with E-state index in [1.807, 2.05) is 0 Å². The van der Waals surface area contributed by atoms with Crippen LogP contribution in [-0.4, -0.2) is 25.7 Å². The highest BCUT2D eigenvalue weighted by Crippen LogP contribution is 2.16. The van der Waals surface area contributed by atoms with Gasteiger partial charge in [-0.1, -0.05) is 18.2 Å². The lowest BCUT2D eigenvalue weighted by Gasteiger charge is -2.17. The van der Waals surface area contributed by atoms with Crippen molar-refractivity contribution in [2.75, 3.05) is 13.7 Å². The lowest BCUT2D eigenvalue weighted by atomic mass is 10.1. The third-order valence-corrected chi connectivity index (χ3v) is 2.76.